The van der Waals surface area contributed by atoms with Crippen molar-refractivity contribution in [3.05, 3.63) is 46.5 Å². The monoisotopic (exact) mass is 239 g/mol. The molecule has 0 bridgehead atoms. The van der Waals surface area contributed by atoms with E-state index in [0.717, 1.165) is 22.3 Å². The van der Waals surface area contributed by atoms with Crippen molar-refractivity contribution in [3.8, 4) is 0 Å². The summed E-state index contributed by atoms with van der Waals surface area (Å²) in [5.74, 6) is 0.728. The minimum Gasteiger partial charge on any atom is -0.454 e. The molecule has 88 valence electrons. The van der Waals surface area contributed by atoms with Crippen LogP contribution in [0.2, 0.25) is 0 Å². The maximum Gasteiger partial charge on any atom is 0.288 e. The van der Waals surface area contributed by atoms with E-state index in [1.807, 2.05) is 35.6 Å². The molecular weight excluding hydrogens is 230 g/mol. The molecule has 0 aliphatic rings. The Morgan fingerprint density at radius 3 is 3.00 bits per heavy atom. The van der Waals surface area contributed by atoms with Gasteiger partial charge in [0.15, 0.2) is 5.58 Å². The lowest BCUT2D eigenvalue weighted by Gasteiger charge is -1.98. The number of aryl methyl sites for hydroxylation is 1. The van der Waals surface area contributed by atoms with Crippen LogP contribution in [0.5, 0.6) is 0 Å². The van der Waals surface area contributed by atoms with Crippen LogP contribution >= 0.6 is 0 Å². The van der Waals surface area contributed by atoms with Gasteiger partial charge in [0.2, 0.25) is 0 Å². The molecule has 18 heavy (non-hydrogen) atoms. The molecule has 3 aromatic heterocycles. The molecule has 0 aliphatic carbocycles. The molecule has 0 saturated heterocycles. The van der Waals surface area contributed by atoms with Crippen LogP contribution in [0.4, 0.5) is 0 Å². The Morgan fingerprint density at radius 1 is 1.28 bits per heavy atom. The Balaban J connectivity index is 2.42. The molecule has 0 radical (unpaired) electrons. The Labute approximate surface area is 101 Å². The second-order valence-corrected chi connectivity index (χ2v) is 4.28. The van der Waals surface area contributed by atoms with E-state index in [1.54, 1.807) is 6.07 Å². The van der Waals surface area contributed by atoms with Gasteiger partial charge in [-0.2, -0.15) is 5.10 Å². The Morgan fingerprint density at radius 2 is 2.11 bits per heavy atom. The van der Waals surface area contributed by atoms with Gasteiger partial charge in [-0.25, -0.2) is 5.10 Å². The predicted octanol–water partition coefficient (Wildman–Crippen LogP) is 2.23. The van der Waals surface area contributed by atoms with Crippen molar-refractivity contribution in [2.45, 2.75) is 6.92 Å². The average molecular weight is 239 g/mol. The highest BCUT2D eigenvalue weighted by atomic mass is 16.3. The highest BCUT2D eigenvalue weighted by molar-refractivity contribution is 6.05. The fraction of sp³-hybridized carbons (Fsp3) is 0.0769. The van der Waals surface area contributed by atoms with Crippen LogP contribution in [0.25, 0.3) is 27.6 Å². The van der Waals surface area contributed by atoms with Gasteiger partial charge in [-0.3, -0.25) is 9.20 Å². The zero-order chi connectivity index (χ0) is 12.3. The number of H-pyrrole nitrogens is 1. The normalized spacial score (nSPS) is 11.8. The van der Waals surface area contributed by atoms with Crippen LogP contribution in [-0.4, -0.2) is 14.6 Å². The maximum absolute atomic E-state index is 11.8. The predicted molar refractivity (Wildman–Crippen MR) is 67.8 cm³/mol. The zero-order valence-corrected chi connectivity index (χ0v) is 9.60. The molecule has 0 aliphatic heterocycles. The van der Waals surface area contributed by atoms with E-state index >= 15 is 0 Å². The van der Waals surface area contributed by atoms with Crippen molar-refractivity contribution in [2.75, 3.05) is 0 Å². The molecule has 5 heteroatoms. The minimum absolute atomic E-state index is 0.212. The molecule has 4 aromatic rings. The van der Waals surface area contributed by atoms with E-state index < -0.39 is 0 Å². The van der Waals surface area contributed by atoms with Crippen LogP contribution in [-0.2, 0) is 0 Å². The third-order valence-corrected chi connectivity index (χ3v) is 3.20. The van der Waals surface area contributed by atoms with Gasteiger partial charge in [0.1, 0.15) is 22.4 Å². The number of fused-ring (bicyclic) bond motifs is 5. The maximum atomic E-state index is 11.8. The third-order valence-electron chi connectivity index (χ3n) is 3.20. The first-order valence-electron chi connectivity index (χ1n) is 5.64. The number of furan rings is 1. The molecule has 3 heterocycles. The lowest BCUT2D eigenvalue weighted by Crippen LogP contribution is -2.13. The quantitative estimate of drug-likeness (QED) is 0.511. The molecule has 1 N–H and O–H groups in total. The van der Waals surface area contributed by atoms with Gasteiger partial charge in [-0.15, -0.1) is 0 Å². The first-order valence-corrected chi connectivity index (χ1v) is 5.64. The van der Waals surface area contributed by atoms with Gasteiger partial charge >= 0.3 is 0 Å². The van der Waals surface area contributed by atoms with E-state index in [-0.39, 0.29) is 5.56 Å². The van der Waals surface area contributed by atoms with Gasteiger partial charge in [-0.05, 0) is 19.1 Å². The number of aromatic amines is 1. The second kappa shape index (κ2) is 3.01. The van der Waals surface area contributed by atoms with Gasteiger partial charge < -0.3 is 4.42 Å². The number of hydrogen-bond acceptors (Lipinski definition) is 3. The molecule has 0 unspecified atom stereocenters. The zero-order valence-electron chi connectivity index (χ0n) is 9.60. The van der Waals surface area contributed by atoms with Crippen LogP contribution in [0, 0.1) is 6.92 Å². The highest BCUT2D eigenvalue weighted by Crippen LogP contribution is 2.30. The minimum atomic E-state index is -0.212. The van der Waals surface area contributed by atoms with Crippen LogP contribution in [0.1, 0.15) is 5.82 Å². The van der Waals surface area contributed by atoms with E-state index in [1.165, 1.54) is 0 Å². The van der Waals surface area contributed by atoms with Gasteiger partial charge in [-0.1, -0.05) is 12.1 Å². The van der Waals surface area contributed by atoms with Crippen molar-refractivity contribution in [1.82, 2.24) is 14.6 Å². The Kier molecular flexibility index (Phi) is 1.58. The number of nitrogens with zero attached hydrogens (tertiary/aromatic N) is 2. The summed E-state index contributed by atoms with van der Waals surface area (Å²) in [6, 6.07) is 9.52. The van der Waals surface area contributed by atoms with Crippen molar-refractivity contribution in [1.29, 1.82) is 0 Å². The summed E-state index contributed by atoms with van der Waals surface area (Å²) in [6.45, 7) is 1.85. The highest BCUT2D eigenvalue weighted by Gasteiger charge is 2.15. The number of rotatable bonds is 0. The van der Waals surface area contributed by atoms with E-state index in [9.17, 15) is 4.79 Å². The fourth-order valence-electron chi connectivity index (χ4n) is 2.43. The van der Waals surface area contributed by atoms with Crippen molar-refractivity contribution < 1.29 is 4.42 Å². The summed E-state index contributed by atoms with van der Waals surface area (Å²) in [6.07, 6.45) is 0. The lowest BCUT2D eigenvalue weighted by atomic mass is 10.2. The third kappa shape index (κ3) is 1.01. The SMILES string of the molecule is Cc1n[nH]c(=O)c2cc3oc4ccccc4c3n12. The molecule has 0 saturated carbocycles. The first kappa shape index (κ1) is 9.47. The van der Waals surface area contributed by atoms with Crippen LogP contribution in [0.15, 0.2) is 39.5 Å². The number of para-hydroxylation sites is 1. The van der Waals surface area contributed by atoms with Gasteiger partial charge in [0.05, 0.1) is 0 Å². The standard InChI is InChI=1S/C13H9N3O2/c1-7-14-15-13(17)9-6-11-12(16(7)9)8-4-2-3-5-10(8)18-11/h2-6H,1H3,(H,15,17). The largest absolute Gasteiger partial charge is 0.454 e. The molecule has 5 nitrogen and oxygen atoms in total. The molecule has 0 atom stereocenters. The van der Waals surface area contributed by atoms with E-state index in [0.29, 0.717) is 11.1 Å². The Hall–Kier alpha value is -2.56. The molecular formula is C13H9N3O2. The van der Waals surface area contributed by atoms with Crippen LogP contribution in [0.3, 0.4) is 0 Å². The topological polar surface area (TPSA) is 63.3 Å². The van der Waals surface area contributed by atoms with Gasteiger partial charge in [0.25, 0.3) is 5.56 Å². The average Bonchev–Trinajstić information content (AvgIpc) is 2.90. The van der Waals surface area contributed by atoms with E-state index in [4.69, 9.17) is 4.42 Å². The van der Waals surface area contributed by atoms with Gasteiger partial charge in [0, 0.05) is 11.5 Å². The second-order valence-electron chi connectivity index (χ2n) is 4.28. The smallest absolute Gasteiger partial charge is 0.288 e. The number of aromatic nitrogens is 3. The van der Waals surface area contributed by atoms with Crippen LogP contribution < -0.4 is 5.56 Å². The van der Waals surface area contributed by atoms with Crippen molar-refractivity contribution in [2.24, 2.45) is 0 Å². The summed E-state index contributed by atoms with van der Waals surface area (Å²) in [5, 5.41) is 7.46. The van der Waals surface area contributed by atoms with E-state index in [2.05, 4.69) is 10.2 Å². The number of benzene rings is 1. The molecule has 1 aromatic carbocycles. The molecule has 0 spiro atoms. The Bertz CT molecular complexity index is 959. The number of hydrogen-bond donors (Lipinski definition) is 1. The first-order chi connectivity index (χ1) is 8.75. The number of nitrogens with one attached hydrogen (secondary N) is 1. The summed E-state index contributed by atoms with van der Waals surface area (Å²) in [5.41, 5.74) is 2.77. The summed E-state index contributed by atoms with van der Waals surface area (Å²) >= 11 is 0. The summed E-state index contributed by atoms with van der Waals surface area (Å²) in [4.78, 5) is 11.8. The van der Waals surface area contributed by atoms with Crippen molar-refractivity contribution >= 4 is 27.6 Å². The fourth-order valence-corrected chi connectivity index (χ4v) is 2.43. The van der Waals surface area contributed by atoms with Crippen molar-refractivity contribution in [3.63, 3.8) is 0 Å². The lowest BCUT2D eigenvalue weighted by molar-refractivity contribution is 0.669. The molecule has 0 amide bonds. The summed E-state index contributed by atoms with van der Waals surface area (Å²) in [7, 11) is 0. The summed E-state index contributed by atoms with van der Waals surface area (Å²) < 4.78 is 7.58. The molecule has 0 fully saturated rings. The molecule has 4 rings (SSSR count).